The number of aliphatic hydroxyl groups is 1. The van der Waals surface area contributed by atoms with Gasteiger partial charge in [0.25, 0.3) is 0 Å². The Hall–Kier alpha value is -2.05. The third-order valence-electron chi connectivity index (χ3n) is 4.01. The zero-order chi connectivity index (χ0) is 15.5. The molecule has 1 saturated heterocycles. The minimum Gasteiger partial charge on any atom is -0.497 e. The molecular formula is C16H20N2O4. The number of aliphatic hydroxyl groups excluding tert-OH is 1. The van der Waals surface area contributed by atoms with Gasteiger partial charge in [0.15, 0.2) is 0 Å². The maximum Gasteiger partial charge on any atom is 0.248 e. The average molecular weight is 304 g/mol. The monoisotopic (exact) mass is 304 g/mol. The molecule has 1 aromatic heterocycles. The SMILES string of the molecule is COc1ccc2oc(CN3CCN(C(=O)CO)CC3)cc2c1. The number of benzene rings is 1. The Bertz CT molecular complexity index is 659. The van der Waals surface area contributed by atoms with Gasteiger partial charge in [-0.2, -0.15) is 0 Å². The Morgan fingerprint density at radius 2 is 2.05 bits per heavy atom. The Morgan fingerprint density at radius 1 is 1.27 bits per heavy atom. The zero-order valence-corrected chi connectivity index (χ0v) is 12.6. The molecule has 6 nitrogen and oxygen atoms in total. The second-order valence-corrected chi connectivity index (χ2v) is 5.43. The van der Waals surface area contributed by atoms with Crippen LogP contribution in [0.1, 0.15) is 5.76 Å². The van der Waals surface area contributed by atoms with E-state index in [-0.39, 0.29) is 5.91 Å². The smallest absolute Gasteiger partial charge is 0.248 e. The molecule has 118 valence electrons. The van der Waals surface area contributed by atoms with Crippen molar-refractivity contribution in [3.05, 3.63) is 30.0 Å². The van der Waals surface area contributed by atoms with Crippen LogP contribution in [0.4, 0.5) is 0 Å². The summed E-state index contributed by atoms with van der Waals surface area (Å²) in [7, 11) is 1.65. The van der Waals surface area contributed by atoms with Crippen molar-refractivity contribution in [1.29, 1.82) is 0 Å². The summed E-state index contributed by atoms with van der Waals surface area (Å²) in [5.41, 5.74) is 0.852. The second kappa shape index (κ2) is 6.37. The number of hydrogen-bond acceptors (Lipinski definition) is 5. The van der Waals surface area contributed by atoms with E-state index in [0.717, 1.165) is 42.1 Å². The molecule has 1 N–H and O–H groups in total. The van der Waals surface area contributed by atoms with Crippen LogP contribution < -0.4 is 4.74 Å². The van der Waals surface area contributed by atoms with Crippen LogP contribution >= 0.6 is 0 Å². The maximum atomic E-state index is 11.4. The standard InChI is InChI=1S/C16H20N2O4/c1-21-13-2-3-15-12(8-13)9-14(22-15)10-17-4-6-18(7-5-17)16(20)11-19/h2-3,8-9,19H,4-7,10-11H2,1H3. The molecule has 1 aliphatic rings. The molecule has 2 heterocycles. The number of methoxy groups -OCH3 is 1. The lowest BCUT2D eigenvalue weighted by molar-refractivity contribution is -0.136. The lowest BCUT2D eigenvalue weighted by Gasteiger charge is -2.33. The molecule has 1 aliphatic heterocycles. The lowest BCUT2D eigenvalue weighted by Crippen LogP contribution is -2.49. The summed E-state index contributed by atoms with van der Waals surface area (Å²) in [6, 6.07) is 7.79. The van der Waals surface area contributed by atoms with Crippen molar-refractivity contribution in [2.75, 3.05) is 39.9 Å². The van der Waals surface area contributed by atoms with E-state index in [0.29, 0.717) is 13.1 Å². The number of nitrogens with zero attached hydrogens (tertiary/aromatic N) is 2. The molecule has 0 radical (unpaired) electrons. The van der Waals surface area contributed by atoms with Crippen molar-refractivity contribution in [3.63, 3.8) is 0 Å². The van der Waals surface area contributed by atoms with E-state index in [1.165, 1.54) is 0 Å². The van der Waals surface area contributed by atoms with E-state index < -0.39 is 6.61 Å². The van der Waals surface area contributed by atoms with E-state index >= 15 is 0 Å². The van der Waals surface area contributed by atoms with Gasteiger partial charge in [0, 0.05) is 31.6 Å². The quantitative estimate of drug-likeness (QED) is 0.915. The average Bonchev–Trinajstić information content (AvgIpc) is 2.95. The fraction of sp³-hybridized carbons (Fsp3) is 0.438. The van der Waals surface area contributed by atoms with Crippen LogP contribution in [0.15, 0.2) is 28.7 Å². The predicted molar refractivity (Wildman–Crippen MR) is 81.7 cm³/mol. The number of furan rings is 1. The molecule has 22 heavy (non-hydrogen) atoms. The maximum absolute atomic E-state index is 11.4. The lowest BCUT2D eigenvalue weighted by atomic mass is 10.2. The topological polar surface area (TPSA) is 66.2 Å². The molecule has 0 aliphatic carbocycles. The van der Waals surface area contributed by atoms with Gasteiger partial charge in [-0.1, -0.05) is 0 Å². The summed E-state index contributed by atoms with van der Waals surface area (Å²) in [6.45, 7) is 3.17. The molecule has 0 saturated carbocycles. The zero-order valence-electron chi connectivity index (χ0n) is 12.6. The molecule has 1 aromatic carbocycles. The summed E-state index contributed by atoms with van der Waals surface area (Å²) in [5, 5.41) is 9.91. The number of carbonyl (C=O) groups excluding carboxylic acids is 1. The first-order valence-electron chi connectivity index (χ1n) is 7.37. The van der Waals surface area contributed by atoms with Crippen molar-refractivity contribution < 1.29 is 19.1 Å². The fourth-order valence-corrected chi connectivity index (χ4v) is 2.76. The van der Waals surface area contributed by atoms with Crippen molar-refractivity contribution in [1.82, 2.24) is 9.80 Å². The van der Waals surface area contributed by atoms with E-state index in [1.54, 1.807) is 12.0 Å². The first kappa shape index (κ1) is 14.9. The molecule has 0 bridgehead atoms. The van der Waals surface area contributed by atoms with Gasteiger partial charge in [-0.05, 0) is 24.3 Å². The largest absolute Gasteiger partial charge is 0.497 e. The van der Waals surface area contributed by atoms with Crippen LogP contribution in [0.5, 0.6) is 5.75 Å². The van der Waals surface area contributed by atoms with Gasteiger partial charge in [0.2, 0.25) is 5.91 Å². The van der Waals surface area contributed by atoms with Crippen LogP contribution in [0.3, 0.4) is 0 Å². The van der Waals surface area contributed by atoms with E-state index in [2.05, 4.69) is 4.90 Å². The van der Waals surface area contributed by atoms with Crippen LogP contribution in [0.2, 0.25) is 0 Å². The van der Waals surface area contributed by atoms with Crippen molar-refractivity contribution in [2.24, 2.45) is 0 Å². The Balaban J connectivity index is 1.63. The molecule has 0 spiro atoms. The van der Waals surface area contributed by atoms with Gasteiger partial charge in [0.05, 0.1) is 13.7 Å². The predicted octanol–water partition coefficient (Wildman–Crippen LogP) is 1.08. The van der Waals surface area contributed by atoms with Gasteiger partial charge < -0.3 is 19.2 Å². The first-order chi connectivity index (χ1) is 10.7. The molecule has 1 amide bonds. The number of amides is 1. The normalized spacial score (nSPS) is 16.2. The van der Waals surface area contributed by atoms with Gasteiger partial charge in [-0.15, -0.1) is 0 Å². The van der Waals surface area contributed by atoms with Crippen LogP contribution in [-0.2, 0) is 11.3 Å². The molecule has 0 unspecified atom stereocenters. The van der Waals surface area contributed by atoms with Crippen molar-refractivity contribution in [3.8, 4) is 5.75 Å². The highest BCUT2D eigenvalue weighted by Gasteiger charge is 2.21. The first-order valence-corrected chi connectivity index (χ1v) is 7.37. The number of fused-ring (bicyclic) bond motifs is 1. The number of ether oxygens (including phenoxy) is 1. The highest BCUT2D eigenvalue weighted by atomic mass is 16.5. The Morgan fingerprint density at radius 3 is 2.73 bits per heavy atom. The van der Waals surface area contributed by atoms with E-state index in [4.69, 9.17) is 14.3 Å². The van der Waals surface area contributed by atoms with Crippen molar-refractivity contribution in [2.45, 2.75) is 6.54 Å². The third kappa shape index (κ3) is 3.08. The number of carbonyl (C=O) groups is 1. The molecule has 1 fully saturated rings. The second-order valence-electron chi connectivity index (χ2n) is 5.43. The number of piperazine rings is 1. The molecule has 2 aromatic rings. The molecule has 3 rings (SSSR count). The highest BCUT2D eigenvalue weighted by molar-refractivity contribution is 5.79. The molecular weight excluding hydrogens is 284 g/mol. The Labute approximate surface area is 128 Å². The molecule has 0 atom stereocenters. The number of rotatable bonds is 4. The third-order valence-corrected chi connectivity index (χ3v) is 4.01. The highest BCUT2D eigenvalue weighted by Crippen LogP contribution is 2.25. The van der Waals surface area contributed by atoms with Gasteiger partial charge >= 0.3 is 0 Å². The molecule has 6 heteroatoms. The summed E-state index contributed by atoms with van der Waals surface area (Å²) in [6.07, 6.45) is 0. The number of hydrogen-bond donors (Lipinski definition) is 1. The van der Waals surface area contributed by atoms with Crippen molar-refractivity contribution >= 4 is 16.9 Å². The minimum atomic E-state index is -0.411. The fourth-order valence-electron chi connectivity index (χ4n) is 2.76. The summed E-state index contributed by atoms with van der Waals surface area (Å²) >= 11 is 0. The summed E-state index contributed by atoms with van der Waals surface area (Å²) in [5.74, 6) is 1.52. The summed E-state index contributed by atoms with van der Waals surface area (Å²) < 4.78 is 11.1. The van der Waals surface area contributed by atoms with Gasteiger partial charge in [0.1, 0.15) is 23.7 Å². The van der Waals surface area contributed by atoms with Crippen LogP contribution in [0, 0.1) is 0 Å². The Kier molecular flexibility index (Phi) is 4.31. The van der Waals surface area contributed by atoms with Crippen LogP contribution in [-0.4, -0.2) is 60.7 Å². The minimum absolute atomic E-state index is 0.199. The van der Waals surface area contributed by atoms with E-state index in [9.17, 15) is 4.79 Å². The van der Waals surface area contributed by atoms with Gasteiger partial charge in [-0.25, -0.2) is 0 Å². The van der Waals surface area contributed by atoms with E-state index in [1.807, 2.05) is 24.3 Å². The summed E-state index contributed by atoms with van der Waals surface area (Å²) in [4.78, 5) is 15.4. The van der Waals surface area contributed by atoms with Gasteiger partial charge in [-0.3, -0.25) is 9.69 Å². The van der Waals surface area contributed by atoms with Crippen LogP contribution in [0.25, 0.3) is 11.0 Å².